The number of pyridine rings is 1. The zero-order valence-corrected chi connectivity index (χ0v) is 16.8. The highest BCUT2D eigenvalue weighted by atomic mass is 35.5. The van der Waals surface area contributed by atoms with Gasteiger partial charge in [-0.05, 0) is 50.1 Å². The Morgan fingerprint density at radius 2 is 1.96 bits per heavy atom. The second-order valence-electron chi connectivity index (χ2n) is 6.27. The molecule has 0 atom stereocenters. The summed E-state index contributed by atoms with van der Waals surface area (Å²) >= 11 is 7.62. The Morgan fingerprint density at radius 1 is 1.19 bits per heavy atom. The summed E-state index contributed by atoms with van der Waals surface area (Å²) in [6.07, 6.45) is 0. The number of thiophene rings is 1. The maximum absolute atomic E-state index is 12.0. The normalized spacial score (nSPS) is 10.8. The number of ether oxygens (including phenoxy) is 1. The molecule has 7 heteroatoms. The first-order chi connectivity index (χ1) is 12.8. The standard InChI is InChI=1S/C20H19ClN2O3S/c1-11-4-6-14-8-15(19(21)23-18(14)13(11)3)10-26-17(24)9-22-20(25)16-7-5-12(2)27-16/h4-8H,9-10H2,1-3H3,(H,22,25). The Labute approximate surface area is 166 Å². The lowest BCUT2D eigenvalue weighted by atomic mass is 10.0. The van der Waals surface area contributed by atoms with E-state index in [1.807, 2.05) is 45.0 Å². The SMILES string of the molecule is Cc1ccc(C(=O)NCC(=O)OCc2cc3ccc(C)c(C)c3nc2Cl)s1. The molecule has 0 radical (unpaired) electrons. The Balaban J connectivity index is 1.61. The van der Waals surface area contributed by atoms with Crippen molar-refractivity contribution in [3.63, 3.8) is 0 Å². The van der Waals surface area contributed by atoms with Crippen LogP contribution >= 0.6 is 22.9 Å². The van der Waals surface area contributed by atoms with E-state index < -0.39 is 5.97 Å². The molecule has 5 nitrogen and oxygen atoms in total. The second-order valence-corrected chi connectivity index (χ2v) is 7.92. The van der Waals surface area contributed by atoms with Gasteiger partial charge in [-0.1, -0.05) is 23.7 Å². The summed E-state index contributed by atoms with van der Waals surface area (Å²) in [6, 6.07) is 9.44. The fourth-order valence-corrected chi connectivity index (χ4v) is 3.59. The number of aryl methyl sites for hydroxylation is 3. The average Bonchev–Trinajstić information content (AvgIpc) is 3.08. The predicted molar refractivity (Wildman–Crippen MR) is 107 cm³/mol. The lowest BCUT2D eigenvalue weighted by Gasteiger charge is -2.10. The lowest BCUT2D eigenvalue weighted by Crippen LogP contribution is -2.30. The van der Waals surface area contributed by atoms with Crippen LogP contribution in [0.3, 0.4) is 0 Å². The van der Waals surface area contributed by atoms with Crippen LogP contribution in [0.2, 0.25) is 5.15 Å². The molecule has 0 fully saturated rings. The van der Waals surface area contributed by atoms with E-state index in [9.17, 15) is 9.59 Å². The van der Waals surface area contributed by atoms with E-state index >= 15 is 0 Å². The zero-order valence-electron chi connectivity index (χ0n) is 15.3. The largest absolute Gasteiger partial charge is 0.459 e. The van der Waals surface area contributed by atoms with Crippen LogP contribution in [0.1, 0.15) is 31.2 Å². The van der Waals surface area contributed by atoms with Gasteiger partial charge in [0.2, 0.25) is 0 Å². The van der Waals surface area contributed by atoms with Crippen molar-refractivity contribution in [3.05, 3.63) is 61.9 Å². The summed E-state index contributed by atoms with van der Waals surface area (Å²) < 4.78 is 5.23. The summed E-state index contributed by atoms with van der Waals surface area (Å²) in [6.45, 7) is 5.73. The minimum Gasteiger partial charge on any atom is -0.459 e. The molecular formula is C20H19ClN2O3S. The molecule has 27 heavy (non-hydrogen) atoms. The van der Waals surface area contributed by atoms with Crippen LogP contribution < -0.4 is 5.32 Å². The van der Waals surface area contributed by atoms with Crippen molar-refractivity contribution < 1.29 is 14.3 Å². The lowest BCUT2D eigenvalue weighted by molar-refractivity contribution is -0.143. The van der Waals surface area contributed by atoms with Crippen molar-refractivity contribution in [1.82, 2.24) is 10.3 Å². The van der Waals surface area contributed by atoms with Gasteiger partial charge in [0.15, 0.2) is 0 Å². The Hall–Kier alpha value is -2.44. The fourth-order valence-electron chi connectivity index (χ4n) is 2.61. The van der Waals surface area contributed by atoms with Gasteiger partial charge in [0, 0.05) is 15.8 Å². The third kappa shape index (κ3) is 4.46. The number of nitrogens with one attached hydrogen (secondary N) is 1. The van der Waals surface area contributed by atoms with Crippen molar-refractivity contribution in [3.8, 4) is 0 Å². The van der Waals surface area contributed by atoms with Gasteiger partial charge >= 0.3 is 5.97 Å². The van der Waals surface area contributed by atoms with E-state index in [4.69, 9.17) is 16.3 Å². The molecule has 1 aromatic carbocycles. The first-order valence-corrected chi connectivity index (χ1v) is 9.60. The topological polar surface area (TPSA) is 68.3 Å². The number of amides is 1. The molecule has 1 amide bonds. The molecule has 140 valence electrons. The van der Waals surface area contributed by atoms with Crippen LogP contribution in [-0.4, -0.2) is 23.4 Å². The molecule has 0 aliphatic heterocycles. The summed E-state index contributed by atoms with van der Waals surface area (Å²) in [5.74, 6) is -0.825. The van der Waals surface area contributed by atoms with E-state index in [1.165, 1.54) is 11.3 Å². The monoisotopic (exact) mass is 402 g/mol. The van der Waals surface area contributed by atoms with Gasteiger partial charge in [-0.25, -0.2) is 4.98 Å². The Bertz CT molecular complexity index is 1030. The number of halogens is 1. The van der Waals surface area contributed by atoms with Gasteiger partial charge in [0.05, 0.1) is 10.4 Å². The molecule has 2 aromatic heterocycles. The molecule has 0 aliphatic carbocycles. The molecule has 0 saturated heterocycles. The van der Waals surface area contributed by atoms with Crippen LogP contribution in [0.25, 0.3) is 10.9 Å². The molecule has 2 heterocycles. The predicted octanol–water partition coefficient (Wildman–Crippen LogP) is 4.35. The molecule has 0 spiro atoms. The summed E-state index contributed by atoms with van der Waals surface area (Å²) in [5, 5.41) is 3.80. The van der Waals surface area contributed by atoms with E-state index in [-0.39, 0.29) is 19.1 Å². The first kappa shape index (κ1) is 19.3. The van der Waals surface area contributed by atoms with Crippen molar-refractivity contribution in [2.45, 2.75) is 27.4 Å². The number of benzene rings is 1. The second kappa shape index (κ2) is 8.06. The van der Waals surface area contributed by atoms with Crippen LogP contribution in [0.5, 0.6) is 0 Å². The van der Waals surface area contributed by atoms with Crippen molar-refractivity contribution >= 4 is 45.7 Å². The van der Waals surface area contributed by atoms with Gasteiger partial charge in [-0.15, -0.1) is 11.3 Å². The zero-order chi connectivity index (χ0) is 19.6. The van der Waals surface area contributed by atoms with Crippen LogP contribution in [0, 0.1) is 20.8 Å². The Morgan fingerprint density at radius 3 is 2.67 bits per heavy atom. The molecule has 0 unspecified atom stereocenters. The molecule has 1 N–H and O–H groups in total. The van der Waals surface area contributed by atoms with Crippen molar-refractivity contribution in [2.75, 3.05) is 6.54 Å². The maximum Gasteiger partial charge on any atom is 0.325 e. The number of nitrogens with zero attached hydrogens (tertiary/aromatic N) is 1. The molecule has 0 aliphatic rings. The highest BCUT2D eigenvalue weighted by molar-refractivity contribution is 7.13. The first-order valence-electron chi connectivity index (χ1n) is 8.40. The number of carbonyl (C=O) groups excluding carboxylic acids is 2. The van der Waals surface area contributed by atoms with Crippen molar-refractivity contribution in [1.29, 1.82) is 0 Å². The number of hydrogen-bond acceptors (Lipinski definition) is 5. The minimum atomic E-state index is -0.534. The molecule has 0 saturated carbocycles. The van der Waals surface area contributed by atoms with E-state index in [0.29, 0.717) is 15.6 Å². The summed E-state index contributed by atoms with van der Waals surface area (Å²) in [5.41, 5.74) is 3.68. The van der Waals surface area contributed by atoms with E-state index in [0.717, 1.165) is 26.9 Å². The molecule has 0 bridgehead atoms. The number of fused-ring (bicyclic) bond motifs is 1. The fraction of sp³-hybridized carbons (Fsp3) is 0.250. The quantitative estimate of drug-likeness (QED) is 0.509. The highest BCUT2D eigenvalue weighted by Crippen LogP contribution is 2.25. The van der Waals surface area contributed by atoms with Crippen LogP contribution in [0.15, 0.2) is 30.3 Å². The number of rotatable bonds is 5. The Kier molecular flexibility index (Phi) is 5.77. The summed E-state index contributed by atoms with van der Waals surface area (Å²) in [4.78, 5) is 29.9. The van der Waals surface area contributed by atoms with Gasteiger partial charge in [0.1, 0.15) is 18.3 Å². The van der Waals surface area contributed by atoms with Crippen LogP contribution in [0.4, 0.5) is 0 Å². The number of esters is 1. The third-order valence-corrected chi connectivity index (χ3v) is 5.61. The van der Waals surface area contributed by atoms with E-state index in [2.05, 4.69) is 10.3 Å². The number of carbonyl (C=O) groups is 2. The number of aromatic nitrogens is 1. The van der Waals surface area contributed by atoms with E-state index in [1.54, 1.807) is 6.07 Å². The van der Waals surface area contributed by atoms with Gasteiger partial charge in [-0.3, -0.25) is 9.59 Å². The van der Waals surface area contributed by atoms with Crippen LogP contribution in [-0.2, 0) is 16.1 Å². The van der Waals surface area contributed by atoms with Gasteiger partial charge in [0.25, 0.3) is 5.91 Å². The number of hydrogen-bond donors (Lipinski definition) is 1. The van der Waals surface area contributed by atoms with Gasteiger partial charge < -0.3 is 10.1 Å². The molecule has 3 rings (SSSR count). The van der Waals surface area contributed by atoms with Gasteiger partial charge in [-0.2, -0.15) is 0 Å². The molecular weight excluding hydrogens is 384 g/mol. The third-order valence-electron chi connectivity index (χ3n) is 4.28. The maximum atomic E-state index is 12.0. The smallest absolute Gasteiger partial charge is 0.325 e. The summed E-state index contributed by atoms with van der Waals surface area (Å²) in [7, 11) is 0. The van der Waals surface area contributed by atoms with Crippen molar-refractivity contribution in [2.24, 2.45) is 0 Å². The minimum absolute atomic E-state index is 0.00150. The average molecular weight is 403 g/mol. The highest BCUT2D eigenvalue weighted by Gasteiger charge is 2.13. The molecule has 3 aromatic rings.